The minimum absolute atomic E-state index is 0.0158. The van der Waals surface area contributed by atoms with Crippen molar-refractivity contribution in [2.45, 2.75) is 13.8 Å². The number of amides is 1. The molecule has 0 bridgehead atoms. The molecule has 4 nitrogen and oxygen atoms in total. The highest BCUT2D eigenvalue weighted by atomic mass is 19.2. The summed E-state index contributed by atoms with van der Waals surface area (Å²) in [5, 5.41) is 10.4. The number of hydrogen-bond acceptors (Lipinski definition) is 2. The van der Waals surface area contributed by atoms with E-state index in [-0.39, 0.29) is 5.56 Å². The van der Waals surface area contributed by atoms with E-state index in [1.807, 2.05) is 25.1 Å². The number of hydrogen-bond donors (Lipinski definition) is 2. The predicted octanol–water partition coefficient (Wildman–Crippen LogP) is 5.38. The average molecular weight is 377 g/mol. The summed E-state index contributed by atoms with van der Waals surface area (Å²) in [5.74, 6) is -2.30. The van der Waals surface area contributed by atoms with E-state index in [9.17, 15) is 13.6 Å². The van der Waals surface area contributed by atoms with Gasteiger partial charge in [-0.3, -0.25) is 9.89 Å². The van der Waals surface area contributed by atoms with Gasteiger partial charge >= 0.3 is 0 Å². The van der Waals surface area contributed by atoms with Gasteiger partial charge in [0.05, 0.1) is 5.52 Å². The fraction of sp³-hybridized carbons (Fsp3) is 0.0909. The summed E-state index contributed by atoms with van der Waals surface area (Å²) in [6.45, 7) is 4.10. The number of carbonyl (C=O) groups excluding carboxylic acids is 1. The Morgan fingerprint density at radius 2 is 1.79 bits per heavy atom. The molecule has 140 valence electrons. The van der Waals surface area contributed by atoms with Crippen molar-refractivity contribution in [3.05, 3.63) is 82.9 Å². The molecule has 1 amide bonds. The third kappa shape index (κ3) is 3.24. The van der Waals surface area contributed by atoms with Crippen molar-refractivity contribution < 1.29 is 13.6 Å². The molecule has 28 heavy (non-hydrogen) atoms. The van der Waals surface area contributed by atoms with E-state index in [0.29, 0.717) is 5.82 Å². The Morgan fingerprint density at radius 3 is 2.57 bits per heavy atom. The second-order valence-corrected chi connectivity index (χ2v) is 6.73. The summed E-state index contributed by atoms with van der Waals surface area (Å²) in [6, 6.07) is 15.1. The van der Waals surface area contributed by atoms with Crippen LogP contribution < -0.4 is 5.32 Å². The van der Waals surface area contributed by atoms with E-state index < -0.39 is 17.5 Å². The van der Waals surface area contributed by atoms with Crippen molar-refractivity contribution in [1.29, 1.82) is 0 Å². The Kier molecular flexibility index (Phi) is 4.39. The minimum Gasteiger partial charge on any atom is -0.305 e. The van der Waals surface area contributed by atoms with E-state index in [1.54, 1.807) is 0 Å². The SMILES string of the molecule is Cc1ccc(C)c(-c2ccc3c(NC(=O)c4ccc(F)c(F)c4)n[nH]c3c2)c1. The highest BCUT2D eigenvalue weighted by Gasteiger charge is 2.14. The van der Waals surface area contributed by atoms with Crippen LogP contribution >= 0.6 is 0 Å². The van der Waals surface area contributed by atoms with Crippen LogP contribution in [0.1, 0.15) is 21.5 Å². The van der Waals surface area contributed by atoms with Gasteiger partial charge in [-0.1, -0.05) is 29.8 Å². The van der Waals surface area contributed by atoms with Crippen molar-refractivity contribution in [2.75, 3.05) is 5.32 Å². The number of nitrogens with one attached hydrogen (secondary N) is 2. The van der Waals surface area contributed by atoms with Crippen LogP contribution in [0.4, 0.5) is 14.6 Å². The number of fused-ring (bicyclic) bond motifs is 1. The van der Waals surface area contributed by atoms with Gasteiger partial charge in [0.2, 0.25) is 0 Å². The molecule has 2 N–H and O–H groups in total. The van der Waals surface area contributed by atoms with Crippen LogP contribution in [-0.2, 0) is 0 Å². The van der Waals surface area contributed by atoms with E-state index in [0.717, 1.165) is 39.7 Å². The van der Waals surface area contributed by atoms with Crippen molar-refractivity contribution in [3.63, 3.8) is 0 Å². The smallest absolute Gasteiger partial charge is 0.256 e. The van der Waals surface area contributed by atoms with Crippen molar-refractivity contribution >= 4 is 22.6 Å². The number of carbonyl (C=O) groups is 1. The van der Waals surface area contributed by atoms with Gasteiger partial charge < -0.3 is 5.32 Å². The van der Waals surface area contributed by atoms with Crippen molar-refractivity contribution in [2.24, 2.45) is 0 Å². The summed E-state index contributed by atoms with van der Waals surface area (Å²) >= 11 is 0. The number of aryl methyl sites for hydroxylation is 2. The zero-order valence-corrected chi connectivity index (χ0v) is 15.3. The number of anilines is 1. The topological polar surface area (TPSA) is 57.8 Å². The van der Waals surface area contributed by atoms with Gasteiger partial charge in [0.25, 0.3) is 5.91 Å². The van der Waals surface area contributed by atoms with Gasteiger partial charge in [-0.25, -0.2) is 8.78 Å². The fourth-order valence-corrected chi connectivity index (χ4v) is 3.15. The Morgan fingerprint density at radius 1 is 0.964 bits per heavy atom. The molecule has 1 heterocycles. The Bertz CT molecular complexity index is 1210. The van der Waals surface area contributed by atoms with Gasteiger partial charge in [0.15, 0.2) is 17.5 Å². The maximum absolute atomic E-state index is 13.4. The number of H-pyrrole nitrogens is 1. The van der Waals surface area contributed by atoms with Crippen LogP contribution in [0, 0.1) is 25.5 Å². The minimum atomic E-state index is -1.07. The Labute approximate surface area is 160 Å². The summed E-state index contributed by atoms with van der Waals surface area (Å²) in [4.78, 5) is 12.3. The lowest BCUT2D eigenvalue weighted by atomic mass is 9.98. The largest absolute Gasteiger partial charge is 0.305 e. The van der Waals surface area contributed by atoms with Crippen LogP contribution in [-0.4, -0.2) is 16.1 Å². The quantitative estimate of drug-likeness (QED) is 0.504. The van der Waals surface area contributed by atoms with Crippen LogP contribution in [0.3, 0.4) is 0 Å². The van der Waals surface area contributed by atoms with E-state index >= 15 is 0 Å². The molecule has 0 saturated heterocycles. The average Bonchev–Trinajstić information content (AvgIpc) is 3.08. The highest BCUT2D eigenvalue weighted by molar-refractivity contribution is 6.08. The summed E-state index contributed by atoms with van der Waals surface area (Å²) in [6.07, 6.45) is 0. The highest BCUT2D eigenvalue weighted by Crippen LogP contribution is 2.29. The number of aromatic amines is 1. The van der Waals surface area contributed by atoms with Gasteiger partial charge in [-0.2, -0.15) is 5.10 Å². The fourth-order valence-electron chi connectivity index (χ4n) is 3.15. The van der Waals surface area contributed by atoms with Gasteiger partial charge in [0.1, 0.15) is 0 Å². The molecular formula is C22H17F2N3O. The first kappa shape index (κ1) is 17.9. The Hall–Kier alpha value is -3.54. The molecular weight excluding hydrogens is 360 g/mol. The first-order valence-corrected chi connectivity index (χ1v) is 8.74. The molecule has 0 aliphatic carbocycles. The molecule has 0 unspecified atom stereocenters. The summed E-state index contributed by atoms with van der Waals surface area (Å²) in [5.41, 5.74) is 5.28. The second kappa shape index (κ2) is 6.88. The first-order valence-electron chi connectivity index (χ1n) is 8.74. The molecule has 0 radical (unpaired) electrons. The number of benzene rings is 3. The first-order chi connectivity index (χ1) is 13.4. The molecule has 4 rings (SSSR count). The Balaban J connectivity index is 1.65. The van der Waals surface area contributed by atoms with E-state index in [1.165, 1.54) is 11.6 Å². The molecule has 0 aliphatic rings. The van der Waals surface area contributed by atoms with Crippen LogP contribution in [0.25, 0.3) is 22.0 Å². The zero-order valence-electron chi connectivity index (χ0n) is 15.3. The number of nitrogens with zero attached hydrogens (tertiary/aromatic N) is 1. The third-order valence-electron chi connectivity index (χ3n) is 4.68. The third-order valence-corrected chi connectivity index (χ3v) is 4.68. The van der Waals surface area contributed by atoms with E-state index in [2.05, 4.69) is 40.6 Å². The summed E-state index contributed by atoms with van der Waals surface area (Å²) < 4.78 is 26.4. The lowest BCUT2D eigenvalue weighted by Gasteiger charge is -2.08. The van der Waals surface area contributed by atoms with Crippen LogP contribution in [0.5, 0.6) is 0 Å². The number of rotatable bonds is 3. The van der Waals surface area contributed by atoms with Crippen molar-refractivity contribution in [3.8, 4) is 11.1 Å². The molecule has 1 aromatic heterocycles. The molecule has 0 spiro atoms. The normalized spacial score (nSPS) is 11.0. The maximum atomic E-state index is 13.4. The van der Waals surface area contributed by atoms with Gasteiger partial charge in [0, 0.05) is 10.9 Å². The molecule has 0 fully saturated rings. The number of aromatic nitrogens is 2. The standard InChI is InChI=1S/C22H17F2N3O/c1-12-3-4-13(2)17(9-12)14-5-7-16-20(11-14)26-27-21(16)25-22(28)15-6-8-18(23)19(24)10-15/h3-11H,1-2H3,(H2,25,26,27,28). The lowest BCUT2D eigenvalue weighted by molar-refractivity contribution is 0.102. The molecule has 0 aliphatic heterocycles. The maximum Gasteiger partial charge on any atom is 0.256 e. The molecule has 6 heteroatoms. The second-order valence-electron chi connectivity index (χ2n) is 6.73. The zero-order chi connectivity index (χ0) is 19.8. The van der Waals surface area contributed by atoms with E-state index in [4.69, 9.17) is 0 Å². The van der Waals surface area contributed by atoms with Crippen LogP contribution in [0.15, 0.2) is 54.6 Å². The molecule has 0 atom stereocenters. The van der Waals surface area contributed by atoms with Gasteiger partial charge in [-0.05, 0) is 60.9 Å². The monoisotopic (exact) mass is 377 g/mol. The van der Waals surface area contributed by atoms with Crippen molar-refractivity contribution in [1.82, 2.24) is 10.2 Å². The molecule has 0 saturated carbocycles. The molecule has 4 aromatic rings. The lowest BCUT2D eigenvalue weighted by Crippen LogP contribution is -2.13. The predicted molar refractivity (Wildman–Crippen MR) is 105 cm³/mol. The summed E-state index contributed by atoms with van der Waals surface area (Å²) in [7, 11) is 0. The number of halogens is 2. The molecule has 3 aromatic carbocycles. The van der Waals surface area contributed by atoms with Gasteiger partial charge in [-0.15, -0.1) is 0 Å². The van der Waals surface area contributed by atoms with Crippen LogP contribution in [0.2, 0.25) is 0 Å².